The summed E-state index contributed by atoms with van der Waals surface area (Å²) in [5.41, 5.74) is 8.53. The smallest absolute Gasteiger partial charge is 0.328 e. The number of likely N-dealkylation sites (N-methyl/N-ethyl adjacent to an activating group) is 1. The van der Waals surface area contributed by atoms with Crippen LogP contribution in [-0.4, -0.2) is 83.1 Å². The van der Waals surface area contributed by atoms with Crippen LogP contribution in [0.5, 0.6) is 6.01 Å². The number of aldehydes is 1. The van der Waals surface area contributed by atoms with Crippen molar-refractivity contribution < 1.29 is 19.0 Å². The molecule has 3 unspecified atom stereocenters. The summed E-state index contributed by atoms with van der Waals surface area (Å²) in [6.45, 7) is 8.57. The van der Waals surface area contributed by atoms with E-state index in [1.54, 1.807) is 14.2 Å². The monoisotopic (exact) mass is 575 g/mol. The average molecular weight is 576 g/mol. The first-order valence-electron chi connectivity index (χ1n) is 13.5. The van der Waals surface area contributed by atoms with Gasteiger partial charge in [0.05, 0.1) is 25.8 Å². The van der Waals surface area contributed by atoms with Crippen LogP contribution in [0.2, 0.25) is 0 Å². The minimum Gasteiger partial charge on any atom is -0.461 e. The molecule has 13 heteroatoms. The molecular weight excluding hydrogens is 533 g/mol. The highest BCUT2D eigenvalue weighted by Crippen LogP contribution is 2.42. The largest absolute Gasteiger partial charge is 0.461 e. The molecule has 0 spiro atoms. The number of fused-ring (bicyclic) bond motifs is 1. The topological polar surface area (TPSA) is 150 Å². The number of hydrogen-bond acceptors (Lipinski definition) is 10. The Morgan fingerprint density at radius 1 is 1.20 bits per heavy atom. The Labute approximate surface area is 236 Å². The SMILES string of the molecule is CCCC(COC)N(CC)P(Cc1cccc(Cn2c(=O)[nH]c3c(N)nc(OCCOC)nc32)c1)NC(C)C=O. The second kappa shape index (κ2) is 15.8. The molecule has 2 aromatic heterocycles. The molecule has 0 aliphatic heterocycles. The number of nitrogens with one attached hydrogen (secondary N) is 2. The molecule has 4 N–H and O–H groups in total. The molecule has 0 amide bonds. The van der Waals surface area contributed by atoms with Crippen LogP contribution in [0.1, 0.15) is 44.7 Å². The number of H-pyrrole nitrogens is 1. The van der Waals surface area contributed by atoms with Crippen LogP contribution in [0.25, 0.3) is 11.2 Å². The molecule has 3 atom stereocenters. The molecule has 3 aromatic rings. The number of ether oxygens (including phenoxy) is 3. The van der Waals surface area contributed by atoms with Crippen molar-refractivity contribution in [2.75, 3.05) is 46.3 Å². The third-order valence-corrected chi connectivity index (χ3v) is 9.01. The van der Waals surface area contributed by atoms with Crippen LogP contribution in [0.15, 0.2) is 29.1 Å². The Kier molecular flexibility index (Phi) is 12.5. The van der Waals surface area contributed by atoms with E-state index < -0.39 is 8.22 Å². The van der Waals surface area contributed by atoms with Gasteiger partial charge < -0.3 is 29.7 Å². The van der Waals surface area contributed by atoms with Gasteiger partial charge in [0.2, 0.25) is 0 Å². The molecule has 0 aliphatic carbocycles. The first-order chi connectivity index (χ1) is 19.3. The first-order valence-corrected chi connectivity index (χ1v) is 15.0. The quantitative estimate of drug-likeness (QED) is 0.117. The van der Waals surface area contributed by atoms with Crippen LogP contribution < -0.4 is 21.2 Å². The minimum atomic E-state index is -0.888. The van der Waals surface area contributed by atoms with Gasteiger partial charge >= 0.3 is 11.7 Å². The van der Waals surface area contributed by atoms with Gasteiger partial charge in [0.25, 0.3) is 0 Å². The molecule has 2 heterocycles. The van der Waals surface area contributed by atoms with Gasteiger partial charge in [0, 0.05) is 41.2 Å². The van der Waals surface area contributed by atoms with Crippen LogP contribution in [0, 0.1) is 0 Å². The Bertz CT molecular complexity index is 1280. The molecule has 40 heavy (non-hydrogen) atoms. The second-order valence-electron chi connectivity index (χ2n) is 9.53. The van der Waals surface area contributed by atoms with E-state index in [-0.39, 0.29) is 42.8 Å². The molecule has 12 nitrogen and oxygen atoms in total. The lowest BCUT2D eigenvalue weighted by Crippen LogP contribution is -2.40. The van der Waals surface area contributed by atoms with Crippen molar-refractivity contribution >= 4 is 31.5 Å². The molecule has 0 saturated carbocycles. The predicted molar refractivity (Wildman–Crippen MR) is 158 cm³/mol. The Hall–Kier alpha value is -2.89. The third kappa shape index (κ3) is 8.31. The molecule has 0 bridgehead atoms. The summed E-state index contributed by atoms with van der Waals surface area (Å²) >= 11 is 0. The standard InChI is InChI=1S/C27H42N7O5P/c1-6-9-22(17-38-5)34(7-2)40(32-19(3)16-35)18-21-11-8-10-20(14-21)15-33-25-23(29-27(33)36)24(28)30-26(31-25)39-13-12-37-4/h8,10-11,14,16,19,22,32H,6-7,9,12-13,15,17-18H2,1-5H3,(H,29,36)(H2,28,30,31). The Morgan fingerprint density at radius 2 is 1.98 bits per heavy atom. The van der Waals surface area contributed by atoms with Gasteiger partial charge in [-0.05, 0) is 24.5 Å². The van der Waals surface area contributed by atoms with Crippen molar-refractivity contribution in [1.82, 2.24) is 29.3 Å². The summed E-state index contributed by atoms with van der Waals surface area (Å²) in [4.78, 5) is 35.8. The third-order valence-electron chi connectivity index (χ3n) is 6.41. The highest BCUT2D eigenvalue weighted by atomic mass is 31.1. The van der Waals surface area contributed by atoms with Crippen LogP contribution in [-0.2, 0) is 27.0 Å². The van der Waals surface area contributed by atoms with E-state index in [1.807, 2.05) is 19.1 Å². The number of rotatable bonds is 18. The molecule has 220 valence electrons. The highest BCUT2D eigenvalue weighted by Gasteiger charge is 2.26. The molecule has 0 fully saturated rings. The fourth-order valence-corrected chi connectivity index (χ4v) is 7.00. The molecule has 0 radical (unpaired) electrons. The van der Waals surface area contributed by atoms with E-state index in [0.717, 1.165) is 43.0 Å². The fraction of sp³-hybridized carbons (Fsp3) is 0.556. The summed E-state index contributed by atoms with van der Waals surface area (Å²) in [7, 11) is 2.41. The van der Waals surface area contributed by atoms with Crippen LogP contribution >= 0.6 is 8.22 Å². The zero-order valence-electron chi connectivity index (χ0n) is 24.1. The highest BCUT2D eigenvalue weighted by molar-refractivity contribution is 7.52. The number of imidazole rings is 1. The van der Waals surface area contributed by atoms with Crippen molar-refractivity contribution in [3.63, 3.8) is 0 Å². The minimum absolute atomic E-state index is 0.0851. The van der Waals surface area contributed by atoms with E-state index >= 15 is 0 Å². The summed E-state index contributed by atoms with van der Waals surface area (Å²) in [6, 6.07) is 8.18. The molecule has 1 aromatic carbocycles. The van der Waals surface area contributed by atoms with Crippen molar-refractivity contribution in [2.45, 2.75) is 58.4 Å². The first kappa shape index (κ1) is 31.6. The summed E-state index contributed by atoms with van der Waals surface area (Å²) in [5.74, 6) is 0.139. The van der Waals surface area contributed by atoms with Gasteiger partial charge in [-0.15, -0.1) is 0 Å². The predicted octanol–water partition coefficient (Wildman–Crippen LogP) is 2.90. The number of nitrogen functional groups attached to an aromatic ring is 1. The second-order valence-corrected chi connectivity index (χ2v) is 11.4. The van der Waals surface area contributed by atoms with Gasteiger partial charge in [-0.2, -0.15) is 9.97 Å². The van der Waals surface area contributed by atoms with Crippen molar-refractivity contribution in [3.8, 4) is 6.01 Å². The average Bonchev–Trinajstić information content (AvgIpc) is 3.25. The van der Waals surface area contributed by atoms with Gasteiger partial charge in [-0.25, -0.2) is 4.79 Å². The summed E-state index contributed by atoms with van der Waals surface area (Å²) in [6.07, 6.45) is 3.71. The lowest BCUT2D eigenvalue weighted by molar-refractivity contribution is -0.108. The van der Waals surface area contributed by atoms with E-state index in [4.69, 9.17) is 19.9 Å². The van der Waals surface area contributed by atoms with Gasteiger partial charge in [0.1, 0.15) is 18.4 Å². The molecular formula is C27H42N7O5P. The summed E-state index contributed by atoms with van der Waals surface area (Å²) in [5, 5.41) is 3.55. The lowest BCUT2D eigenvalue weighted by atomic mass is 10.1. The molecule has 3 rings (SSSR count). The zero-order chi connectivity index (χ0) is 29.1. The van der Waals surface area contributed by atoms with E-state index in [2.05, 4.69) is 50.7 Å². The Morgan fingerprint density at radius 3 is 2.65 bits per heavy atom. The number of carbonyl (C=O) groups is 1. The maximum Gasteiger partial charge on any atom is 0.328 e. The van der Waals surface area contributed by atoms with Gasteiger partial charge in [-0.3, -0.25) is 14.3 Å². The van der Waals surface area contributed by atoms with E-state index in [1.165, 1.54) is 4.57 Å². The van der Waals surface area contributed by atoms with E-state index in [9.17, 15) is 9.59 Å². The number of methoxy groups -OCH3 is 2. The van der Waals surface area contributed by atoms with Crippen molar-refractivity contribution in [2.24, 2.45) is 0 Å². The van der Waals surface area contributed by atoms with Gasteiger partial charge in [0.15, 0.2) is 11.5 Å². The van der Waals surface area contributed by atoms with Crippen LogP contribution in [0.3, 0.4) is 0 Å². The number of aromatic amines is 1. The Balaban J connectivity index is 1.89. The normalized spacial score (nSPS) is 13.9. The number of nitrogens with two attached hydrogens (primary N) is 1. The summed E-state index contributed by atoms with van der Waals surface area (Å²) < 4.78 is 20.1. The lowest BCUT2D eigenvalue weighted by Gasteiger charge is -2.38. The maximum absolute atomic E-state index is 12.9. The number of hydrogen-bond donors (Lipinski definition) is 3. The number of benzene rings is 1. The molecule has 0 saturated heterocycles. The number of aromatic nitrogens is 4. The van der Waals surface area contributed by atoms with Crippen molar-refractivity contribution in [1.29, 1.82) is 0 Å². The fourth-order valence-electron chi connectivity index (χ4n) is 4.59. The number of nitrogens with zero attached hydrogens (tertiary/aromatic N) is 4. The zero-order valence-corrected chi connectivity index (χ0v) is 24.9. The van der Waals surface area contributed by atoms with E-state index in [0.29, 0.717) is 24.4 Å². The van der Waals surface area contributed by atoms with Crippen molar-refractivity contribution in [3.05, 3.63) is 45.9 Å². The van der Waals surface area contributed by atoms with Crippen LogP contribution in [0.4, 0.5) is 5.82 Å². The number of carbonyl (C=O) groups excluding carboxylic acids is 1. The molecule has 0 aliphatic rings. The van der Waals surface area contributed by atoms with Gasteiger partial charge in [-0.1, -0.05) is 44.5 Å². The number of anilines is 1. The maximum atomic E-state index is 12.9.